The summed E-state index contributed by atoms with van der Waals surface area (Å²) in [5.74, 6) is 1.14. The second kappa shape index (κ2) is 6.66. The van der Waals surface area contributed by atoms with Crippen LogP contribution < -0.4 is 10.2 Å². The van der Waals surface area contributed by atoms with Gasteiger partial charge >= 0.3 is 0 Å². The lowest BCUT2D eigenvalue weighted by Crippen LogP contribution is -2.36. The van der Waals surface area contributed by atoms with Crippen LogP contribution in [0.15, 0.2) is 30.6 Å². The van der Waals surface area contributed by atoms with Crippen molar-refractivity contribution in [2.45, 2.75) is 38.8 Å². The molecule has 0 saturated carbocycles. The molecule has 1 aromatic heterocycles. The number of fused-ring (bicyclic) bond motifs is 1. The fourth-order valence-corrected chi connectivity index (χ4v) is 3.50. The number of nitrogens with zero attached hydrogens (tertiary/aromatic N) is 4. The third-order valence-electron chi connectivity index (χ3n) is 4.96. The molecule has 7 heteroatoms. The molecule has 3 heterocycles. The van der Waals surface area contributed by atoms with Crippen LogP contribution in [0, 0.1) is 5.92 Å². The highest BCUT2D eigenvalue weighted by atomic mass is 16.2. The summed E-state index contributed by atoms with van der Waals surface area (Å²) < 4.78 is 1.82. The molecule has 1 saturated heterocycles. The zero-order chi connectivity index (χ0) is 17.2. The molecule has 0 radical (unpaired) electrons. The fourth-order valence-electron chi connectivity index (χ4n) is 3.50. The van der Waals surface area contributed by atoms with Gasteiger partial charge in [-0.2, -0.15) is 5.10 Å². The lowest BCUT2D eigenvalue weighted by molar-refractivity contribution is -0.126. The maximum absolute atomic E-state index is 12.4. The van der Waals surface area contributed by atoms with Crippen LogP contribution in [0.5, 0.6) is 0 Å². The summed E-state index contributed by atoms with van der Waals surface area (Å²) in [6, 6.07) is 7.84. The van der Waals surface area contributed by atoms with Crippen LogP contribution >= 0.6 is 0 Å². The molecule has 2 amide bonds. The standard InChI is InChI=1S/C18H21N5O2/c24-17-2-1-9-22(17)15-6-3-13(4-7-15)10-19-18(25)14-5-8-16-20-12-21-23(16)11-14/h3-4,6-7,12,14H,1-2,5,8-11H2,(H,19,25). The molecule has 0 spiro atoms. The highest BCUT2D eigenvalue weighted by Crippen LogP contribution is 2.22. The first-order valence-corrected chi connectivity index (χ1v) is 8.74. The zero-order valence-electron chi connectivity index (χ0n) is 14.0. The topological polar surface area (TPSA) is 80.1 Å². The summed E-state index contributed by atoms with van der Waals surface area (Å²) in [6.45, 7) is 1.88. The van der Waals surface area contributed by atoms with E-state index in [1.165, 1.54) is 0 Å². The van der Waals surface area contributed by atoms with E-state index in [4.69, 9.17) is 0 Å². The molecule has 2 aromatic rings. The molecule has 1 atom stereocenters. The number of nitrogens with one attached hydrogen (secondary N) is 1. The maximum Gasteiger partial charge on any atom is 0.227 e. The third kappa shape index (κ3) is 3.26. The molecule has 4 rings (SSSR count). The Morgan fingerprint density at radius 1 is 1.24 bits per heavy atom. The van der Waals surface area contributed by atoms with Crippen LogP contribution in [0.1, 0.15) is 30.7 Å². The van der Waals surface area contributed by atoms with Crippen LogP contribution in [-0.2, 0) is 29.1 Å². The number of aromatic nitrogens is 3. The molecule has 25 heavy (non-hydrogen) atoms. The van der Waals surface area contributed by atoms with E-state index in [0.29, 0.717) is 19.5 Å². The Kier molecular flexibility index (Phi) is 4.21. The number of carbonyl (C=O) groups excluding carboxylic acids is 2. The summed E-state index contributed by atoms with van der Waals surface area (Å²) in [5.41, 5.74) is 1.96. The van der Waals surface area contributed by atoms with E-state index in [0.717, 1.165) is 42.9 Å². The van der Waals surface area contributed by atoms with Crippen LogP contribution in [0.2, 0.25) is 0 Å². The van der Waals surface area contributed by atoms with Gasteiger partial charge in [-0.15, -0.1) is 0 Å². The van der Waals surface area contributed by atoms with Crippen LogP contribution in [0.3, 0.4) is 0 Å². The molecule has 0 bridgehead atoms. The highest BCUT2D eigenvalue weighted by Gasteiger charge is 2.25. The first kappa shape index (κ1) is 15.8. The SMILES string of the molecule is O=C(NCc1ccc(N2CCCC2=O)cc1)C1CCc2ncnn2C1. The Labute approximate surface area is 146 Å². The Bertz CT molecular complexity index is 783. The molecule has 2 aliphatic rings. The predicted molar refractivity (Wildman–Crippen MR) is 91.7 cm³/mol. The maximum atomic E-state index is 12.4. The van der Waals surface area contributed by atoms with Crippen LogP contribution in [0.4, 0.5) is 5.69 Å². The monoisotopic (exact) mass is 339 g/mol. The number of amides is 2. The van der Waals surface area contributed by atoms with E-state index in [9.17, 15) is 9.59 Å². The van der Waals surface area contributed by atoms with E-state index in [1.54, 1.807) is 6.33 Å². The molecule has 1 fully saturated rings. The number of hydrogen-bond donors (Lipinski definition) is 1. The number of aryl methyl sites for hydroxylation is 1. The van der Waals surface area contributed by atoms with Gasteiger partial charge in [0, 0.05) is 31.6 Å². The van der Waals surface area contributed by atoms with E-state index >= 15 is 0 Å². The molecule has 7 nitrogen and oxygen atoms in total. The molecule has 2 aliphatic heterocycles. The smallest absolute Gasteiger partial charge is 0.227 e. The zero-order valence-corrected chi connectivity index (χ0v) is 14.0. The summed E-state index contributed by atoms with van der Waals surface area (Å²) in [7, 11) is 0. The van der Waals surface area contributed by atoms with Gasteiger partial charge in [-0.25, -0.2) is 9.67 Å². The van der Waals surface area contributed by atoms with Gasteiger partial charge in [0.05, 0.1) is 12.5 Å². The Hall–Kier alpha value is -2.70. The molecule has 0 aliphatic carbocycles. The lowest BCUT2D eigenvalue weighted by Gasteiger charge is -2.22. The van der Waals surface area contributed by atoms with E-state index in [-0.39, 0.29) is 17.7 Å². The summed E-state index contributed by atoms with van der Waals surface area (Å²) in [4.78, 5) is 30.2. The summed E-state index contributed by atoms with van der Waals surface area (Å²) in [6.07, 6.45) is 4.69. The van der Waals surface area contributed by atoms with Gasteiger partial charge < -0.3 is 10.2 Å². The average Bonchev–Trinajstić information content (AvgIpc) is 3.28. The van der Waals surface area contributed by atoms with Crippen molar-refractivity contribution in [3.63, 3.8) is 0 Å². The quantitative estimate of drug-likeness (QED) is 0.910. The number of carbonyl (C=O) groups is 2. The van der Waals surface area contributed by atoms with Crippen LogP contribution in [0.25, 0.3) is 0 Å². The molecular weight excluding hydrogens is 318 g/mol. The number of anilines is 1. The minimum absolute atomic E-state index is 0.0555. The van der Waals surface area contributed by atoms with Crippen molar-refractivity contribution >= 4 is 17.5 Å². The van der Waals surface area contributed by atoms with Gasteiger partial charge in [-0.1, -0.05) is 12.1 Å². The number of rotatable bonds is 4. The third-order valence-corrected chi connectivity index (χ3v) is 4.96. The summed E-state index contributed by atoms with van der Waals surface area (Å²) >= 11 is 0. The van der Waals surface area contributed by atoms with Crippen molar-refractivity contribution in [1.29, 1.82) is 0 Å². The minimum Gasteiger partial charge on any atom is -0.352 e. The van der Waals surface area contributed by atoms with Crippen molar-refractivity contribution in [2.24, 2.45) is 5.92 Å². The van der Waals surface area contributed by atoms with Crippen molar-refractivity contribution < 1.29 is 9.59 Å². The van der Waals surface area contributed by atoms with E-state index in [2.05, 4.69) is 15.4 Å². The van der Waals surface area contributed by atoms with E-state index < -0.39 is 0 Å². The van der Waals surface area contributed by atoms with E-state index in [1.807, 2.05) is 33.8 Å². The fraction of sp³-hybridized carbons (Fsp3) is 0.444. The molecule has 130 valence electrons. The van der Waals surface area contributed by atoms with Crippen LogP contribution in [-0.4, -0.2) is 33.1 Å². The van der Waals surface area contributed by atoms with Gasteiger partial charge in [0.1, 0.15) is 12.2 Å². The average molecular weight is 339 g/mol. The second-order valence-electron chi connectivity index (χ2n) is 6.63. The Morgan fingerprint density at radius 3 is 2.84 bits per heavy atom. The van der Waals surface area contributed by atoms with Gasteiger partial charge in [-0.05, 0) is 30.5 Å². The molecule has 1 N–H and O–H groups in total. The van der Waals surface area contributed by atoms with Crippen molar-refractivity contribution in [1.82, 2.24) is 20.1 Å². The lowest BCUT2D eigenvalue weighted by atomic mass is 9.99. The van der Waals surface area contributed by atoms with Gasteiger partial charge in [0.2, 0.25) is 11.8 Å². The number of benzene rings is 1. The highest BCUT2D eigenvalue weighted by molar-refractivity contribution is 5.95. The molecule has 1 aromatic carbocycles. The number of hydrogen-bond acceptors (Lipinski definition) is 4. The first-order valence-electron chi connectivity index (χ1n) is 8.74. The summed E-state index contributed by atoms with van der Waals surface area (Å²) in [5, 5.41) is 7.16. The Morgan fingerprint density at radius 2 is 2.08 bits per heavy atom. The normalized spacial score (nSPS) is 19.8. The Balaban J connectivity index is 1.32. The predicted octanol–water partition coefficient (Wildman–Crippen LogP) is 1.28. The second-order valence-corrected chi connectivity index (χ2v) is 6.63. The van der Waals surface area contributed by atoms with Crippen molar-refractivity contribution in [2.75, 3.05) is 11.4 Å². The van der Waals surface area contributed by atoms with Crippen molar-refractivity contribution in [3.05, 3.63) is 42.0 Å². The van der Waals surface area contributed by atoms with Gasteiger partial charge in [-0.3, -0.25) is 9.59 Å². The van der Waals surface area contributed by atoms with Crippen molar-refractivity contribution in [3.8, 4) is 0 Å². The molecular formula is C18H21N5O2. The minimum atomic E-state index is -0.0595. The first-order chi connectivity index (χ1) is 12.2. The van der Waals surface area contributed by atoms with Gasteiger partial charge in [0.25, 0.3) is 0 Å². The van der Waals surface area contributed by atoms with Gasteiger partial charge in [0.15, 0.2) is 0 Å². The molecule has 1 unspecified atom stereocenters. The largest absolute Gasteiger partial charge is 0.352 e.